The van der Waals surface area contributed by atoms with Gasteiger partial charge in [-0.1, -0.05) is 26.3 Å². The highest BCUT2D eigenvalue weighted by Gasteiger charge is 2.23. The summed E-state index contributed by atoms with van der Waals surface area (Å²) in [6, 6.07) is 4.11. The molecule has 0 aliphatic carbocycles. The van der Waals surface area contributed by atoms with Gasteiger partial charge in [0, 0.05) is 25.2 Å². The number of anilines is 1. The van der Waals surface area contributed by atoms with E-state index in [1.165, 1.54) is 20.4 Å². The lowest BCUT2D eigenvalue weighted by molar-refractivity contribution is -0.154. The van der Waals surface area contributed by atoms with Crippen molar-refractivity contribution < 1.29 is 43.4 Å². The highest BCUT2D eigenvalue weighted by atomic mass is 16.5. The van der Waals surface area contributed by atoms with E-state index in [1.807, 2.05) is 0 Å². The lowest BCUT2D eigenvalue weighted by Crippen LogP contribution is -2.47. The van der Waals surface area contributed by atoms with E-state index in [2.05, 4.69) is 29.8 Å². The van der Waals surface area contributed by atoms with Crippen molar-refractivity contribution in [1.82, 2.24) is 15.5 Å². The Balaban J connectivity index is 0.00000618. The zero-order valence-electron chi connectivity index (χ0n) is 27.4. The number of carboxylic acids is 1. The number of carbonyl (C=O) groups is 7. The molecule has 0 spiro atoms. The second-order valence-electron chi connectivity index (χ2n) is 11.4. The average Bonchev–Trinajstić information content (AvgIpc) is 2.96. The average molecular weight is 633 g/mol. The number of hydrogen-bond donors (Lipinski definition) is 4. The van der Waals surface area contributed by atoms with Crippen molar-refractivity contribution >= 4 is 47.5 Å². The molecule has 1 unspecified atom stereocenters. The van der Waals surface area contributed by atoms with Crippen LogP contribution < -0.4 is 16.0 Å². The summed E-state index contributed by atoms with van der Waals surface area (Å²) in [7, 11) is 1.36. The van der Waals surface area contributed by atoms with Crippen molar-refractivity contribution in [2.75, 3.05) is 25.5 Å². The molecule has 0 bridgehead atoms. The van der Waals surface area contributed by atoms with Gasteiger partial charge >= 0.3 is 11.9 Å². The number of carboxylic acid groups (broad SMARTS) is 1. The molecule has 1 rings (SSSR count). The third kappa shape index (κ3) is 18.0. The van der Waals surface area contributed by atoms with Gasteiger partial charge in [-0.3, -0.25) is 33.6 Å². The third-order valence-corrected chi connectivity index (χ3v) is 5.82. The first-order valence-electron chi connectivity index (χ1n) is 14.8. The Hall–Kier alpha value is -4.55. The summed E-state index contributed by atoms with van der Waals surface area (Å²) in [5, 5.41) is 16.4. The first kappa shape index (κ1) is 40.5. The number of likely N-dealkylation sites (N-methyl/N-ethyl adjacent to an activating group) is 1. The van der Waals surface area contributed by atoms with Crippen molar-refractivity contribution in [2.45, 2.75) is 86.3 Å². The Labute approximate surface area is 265 Å². The van der Waals surface area contributed by atoms with Gasteiger partial charge in [-0.25, -0.2) is 0 Å². The van der Waals surface area contributed by atoms with Crippen molar-refractivity contribution in [1.29, 1.82) is 0 Å². The van der Waals surface area contributed by atoms with Crippen LogP contribution in [0.2, 0.25) is 0 Å². The van der Waals surface area contributed by atoms with Gasteiger partial charge in [-0.05, 0) is 76.3 Å². The number of benzene rings is 1. The first-order chi connectivity index (χ1) is 21.0. The molecular weight excluding hydrogens is 584 g/mol. The molecule has 0 aromatic heterocycles. The lowest BCUT2D eigenvalue weighted by Gasteiger charge is -2.19. The molecule has 0 aliphatic rings. The van der Waals surface area contributed by atoms with Gasteiger partial charge in [-0.2, -0.15) is 0 Å². The third-order valence-electron chi connectivity index (χ3n) is 5.82. The molecular formula is C32H48N4O9. The Kier molecular flexibility index (Phi) is 19.1. The van der Waals surface area contributed by atoms with Crippen LogP contribution in [0.25, 0.3) is 0 Å². The lowest BCUT2D eigenvalue weighted by atomic mass is 9.97. The van der Waals surface area contributed by atoms with Crippen LogP contribution in [0.3, 0.4) is 0 Å². The fourth-order valence-electron chi connectivity index (χ4n) is 3.41. The molecule has 0 aliphatic heterocycles. The van der Waals surface area contributed by atoms with E-state index in [-0.39, 0.29) is 25.5 Å². The molecule has 4 N–H and O–H groups in total. The molecule has 1 aromatic rings. The van der Waals surface area contributed by atoms with Crippen molar-refractivity contribution in [2.24, 2.45) is 5.41 Å². The Bertz CT molecular complexity index is 1210. The number of carbonyl (C=O) groups excluding carboxylic acids is 6. The van der Waals surface area contributed by atoms with E-state index >= 15 is 0 Å². The number of unbranched alkanes of at least 4 members (excludes halogenated alkanes) is 1. The summed E-state index contributed by atoms with van der Waals surface area (Å²) < 4.78 is 5.44. The number of rotatable bonds is 16. The van der Waals surface area contributed by atoms with E-state index < -0.39 is 47.6 Å². The normalized spacial score (nSPS) is 11.4. The number of allylic oxidation sites excluding steroid dienone is 1. The minimum Gasteiger partial charge on any atom is -0.481 e. The van der Waals surface area contributed by atoms with Crippen LogP contribution in [0.15, 0.2) is 30.4 Å². The maximum Gasteiger partial charge on any atom is 0.311 e. The van der Waals surface area contributed by atoms with Crippen molar-refractivity contribution in [3.05, 3.63) is 41.5 Å². The van der Waals surface area contributed by atoms with E-state index in [4.69, 9.17) is 9.84 Å². The number of hydrogen-bond acceptors (Lipinski definition) is 8. The molecule has 0 fully saturated rings. The van der Waals surface area contributed by atoms with Gasteiger partial charge in [0.05, 0.1) is 18.5 Å². The summed E-state index contributed by atoms with van der Waals surface area (Å²) in [6.07, 6.45) is 5.23. The van der Waals surface area contributed by atoms with Crippen molar-refractivity contribution in [3.63, 3.8) is 0 Å². The molecule has 13 heteroatoms. The number of aliphatic carboxylic acids is 1. The molecule has 45 heavy (non-hydrogen) atoms. The number of aldehydes is 1. The van der Waals surface area contributed by atoms with Crippen LogP contribution in [0, 0.1) is 5.41 Å². The minimum absolute atomic E-state index is 0.0238. The SMILES string of the molecule is CC(NC(=O)CNC(=O)CN(C)C(=O)/C=C\C=O)C(=O)Nc1ccc(COC(=O)C(C)(C)C)c(CCCCC(=O)O)c1.CCC. The Morgan fingerprint density at radius 2 is 1.67 bits per heavy atom. The highest BCUT2D eigenvalue weighted by Crippen LogP contribution is 2.22. The Morgan fingerprint density at radius 3 is 2.24 bits per heavy atom. The number of nitrogens with zero attached hydrogens (tertiary/aromatic N) is 1. The maximum atomic E-state index is 12.7. The summed E-state index contributed by atoms with van der Waals surface area (Å²) in [6.45, 7) is 10.2. The molecule has 0 saturated carbocycles. The second-order valence-corrected chi connectivity index (χ2v) is 11.4. The number of nitrogens with one attached hydrogen (secondary N) is 3. The molecule has 13 nitrogen and oxygen atoms in total. The molecule has 250 valence electrons. The van der Waals surface area contributed by atoms with Crippen LogP contribution in [0.4, 0.5) is 5.69 Å². The van der Waals surface area contributed by atoms with E-state index in [0.29, 0.717) is 31.2 Å². The first-order valence-corrected chi connectivity index (χ1v) is 14.8. The summed E-state index contributed by atoms with van der Waals surface area (Å²) in [4.78, 5) is 83.1. The van der Waals surface area contributed by atoms with Gasteiger partial charge in [0.1, 0.15) is 18.9 Å². The van der Waals surface area contributed by atoms with Crippen LogP contribution >= 0.6 is 0 Å². The zero-order chi connectivity index (χ0) is 34.6. The number of amides is 4. The fourth-order valence-corrected chi connectivity index (χ4v) is 3.41. The fraction of sp³-hybridized carbons (Fsp3) is 0.531. The largest absolute Gasteiger partial charge is 0.481 e. The second kappa shape index (κ2) is 21.2. The number of esters is 1. The summed E-state index contributed by atoms with van der Waals surface area (Å²) in [5.74, 6) is -3.58. The minimum atomic E-state index is -0.960. The zero-order valence-corrected chi connectivity index (χ0v) is 27.4. The molecule has 0 heterocycles. The highest BCUT2D eigenvalue weighted by molar-refractivity contribution is 5.98. The molecule has 1 atom stereocenters. The van der Waals surface area contributed by atoms with Gasteiger partial charge in [0.15, 0.2) is 0 Å². The van der Waals surface area contributed by atoms with E-state index in [9.17, 15) is 33.6 Å². The van der Waals surface area contributed by atoms with E-state index in [1.54, 1.807) is 39.0 Å². The molecule has 0 saturated heterocycles. The van der Waals surface area contributed by atoms with Gasteiger partial charge < -0.3 is 30.7 Å². The topological polar surface area (TPSA) is 188 Å². The van der Waals surface area contributed by atoms with Crippen molar-refractivity contribution in [3.8, 4) is 0 Å². The number of ether oxygens (including phenoxy) is 1. The maximum absolute atomic E-state index is 12.7. The monoisotopic (exact) mass is 632 g/mol. The van der Waals surface area contributed by atoms with E-state index in [0.717, 1.165) is 28.2 Å². The molecule has 0 radical (unpaired) electrons. The molecule has 4 amide bonds. The van der Waals surface area contributed by atoms with Crippen LogP contribution in [-0.2, 0) is 51.3 Å². The summed E-state index contributed by atoms with van der Waals surface area (Å²) >= 11 is 0. The van der Waals surface area contributed by atoms with Gasteiger partial charge in [0.2, 0.25) is 23.6 Å². The van der Waals surface area contributed by atoms with Gasteiger partial charge in [0.25, 0.3) is 0 Å². The summed E-state index contributed by atoms with van der Waals surface area (Å²) in [5.41, 5.74) is 1.27. The quantitative estimate of drug-likeness (QED) is 0.0919. The Morgan fingerprint density at radius 1 is 1.02 bits per heavy atom. The van der Waals surface area contributed by atoms with Gasteiger partial charge in [-0.15, -0.1) is 0 Å². The standard InChI is InChI=1S/C29H40N4O9.C3H8/c1-19(31-23(35)16-30-24(36)17-33(5)25(37)10-8-14-34)27(40)32-22-13-12-21(18-42-28(41)29(2,3)4)20(15-22)9-6-7-11-26(38)39;1-3-2/h8,10,12-15,19H,6-7,9,11,16-18H2,1-5H3,(H,30,36)(H,31,35)(H,32,40)(H,38,39);3H2,1-2H3/b10-8-;. The predicted molar refractivity (Wildman–Crippen MR) is 169 cm³/mol. The van der Waals surface area contributed by atoms with Crippen LogP contribution in [0.5, 0.6) is 0 Å². The predicted octanol–water partition coefficient (Wildman–Crippen LogP) is 2.76. The number of aryl methyl sites for hydroxylation is 1. The smallest absolute Gasteiger partial charge is 0.311 e. The van der Waals surface area contributed by atoms with Crippen LogP contribution in [-0.4, -0.2) is 78.0 Å². The van der Waals surface area contributed by atoms with Crippen LogP contribution in [0.1, 0.15) is 78.4 Å². The molecule has 1 aromatic carbocycles.